The monoisotopic (exact) mass is 512 g/mol. The minimum atomic E-state index is 0.262. The van der Waals surface area contributed by atoms with Crippen molar-refractivity contribution in [1.29, 1.82) is 0 Å². The third-order valence-electron chi connectivity index (χ3n) is 9.18. The lowest BCUT2D eigenvalue weighted by atomic mass is 9.94. The van der Waals surface area contributed by atoms with E-state index < -0.39 is 0 Å². The van der Waals surface area contributed by atoms with Crippen molar-refractivity contribution in [3.63, 3.8) is 0 Å². The Labute approximate surface area is 234 Å². The van der Waals surface area contributed by atoms with Crippen LogP contribution in [0.1, 0.15) is 24.5 Å². The first-order valence-electron chi connectivity index (χ1n) is 14.4. The summed E-state index contributed by atoms with van der Waals surface area (Å²) in [5, 5.41) is 6.53. The molecule has 0 radical (unpaired) electrons. The molecule has 2 aliphatic carbocycles. The summed E-state index contributed by atoms with van der Waals surface area (Å²) in [5.74, 6) is 0. The van der Waals surface area contributed by atoms with E-state index in [0.29, 0.717) is 0 Å². The van der Waals surface area contributed by atoms with E-state index in [-0.39, 0.29) is 6.17 Å². The molecule has 6 aromatic rings. The van der Waals surface area contributed by atoms with Gasteiger partial charge in [-0.05, 0) is 110 Å². The molecule has 1 unspecified atom stereocenters. The van der Waals surface area contributed by atoms with Gasteiger partial charge in [0.05, 0.1) is 11.4 Å². The van der Waals surface area contributed by atoms with Crippen LogP contribution >= 0.6 is 0 Å². The first-order chi connectivity index (χ1) is 19.8. The number of hydrogen-bond acceptors (Lipinski definition) is 2. The summed E-state index contributed by atoms with van der Waals surface area (Å²) < 4.78 is 0. The molecule has 0 aromatic heterocycles. The number of benzene rings is 6. The van der Waals surface area contributed by atoms with E-state index in [1.165, 1.54) is 83.5 Å². The summed E-state index contributed by atoms with van der Waals surface area (Å²) in [4.78, 5) is 2.45. The standard InChI is InChI=1S/C38H28N2/c1-2-37-39-35-15-5-6-16-36(35)40(37)26-10-7-9-23(20-26)24-17-18-27-25(19-24)21-32-31-14-8-13-30-28-11-3-4-12-29(28)34(38(30)31)22-33(27)32/h3-20,22,37,39H,2,21H2,1H3. The van der Waals surface area contributed by atoms with Gasteiger partial charge in [-0.25, -0.2) is 0 Å². The van der Waals surface area contributed by atoms with Gasteiger partial charge in [0.15, 0.2) is 0 Å². The molecule has 9 rings (SSSR count). The van der Waals surface area contributed by atoms with Crippen molar-refractivity contribution in [2.45, 2.75) is 25.9 Å². The zero-order valence-corrected chi connectivity index (χ0v) is 22.4. The van der Waals surface area contributed by atoms with E-state index in [1.54, 1.807) is 0 Å². The Kier molecular flexibility index (Phi) is 4.46. The Morgan fingerprint density at radius 2 is 1.43 bits per heavy atom. The van der Waals surface area contributed by atoms with E-state index in [1.807, 2.05) is 0 Å². The van der Waals surface area contributed by atoms with Gasteiger partial charge in [-0.2, -0.15) is 0 Å². The molecule has 1 aliphatic heterocycles. The Morgan fingerprint density at radius 3 is 2.33 bits per heavy atom. The third kappa shape index (κ3) is 2.94. The van der Waals surface area contributed by atoms with E-state index in [9.17, 15) is 0 Å². The number of nitrogens with zero attached hydrogens (tertiary/aromatic N) is 1. The molecule has 2 heteroatoms. The van der Waals surface area contributed by atoms with Crippen molar-refractivity contribution in [1.82, 2.24) is 0 Å². The van der Waals surface area contributed by atoms with E-state index in [0.717, 1.165) is 12.8 Å². The highest BCUT2D eigenvalue weighted by molar-refractivity contribution is 6.18. The van der Waals surface area contributed by atoms with Crippen LogP contribution in [0.3, 0.4) is 0 Å². The Balaban J connectivity index is 1.14. The number of rotatable bonds is 3. The van der Waals surface area contributed by atoms with Gasteiger partial charge in [0, 0.05) is 5.69 Å². The fourth-order valence-corrected chi connectivity index (χ4v) is 7.39. The number of anilines is 3. The number of hydrogen-bond donors (Lipinski definition) is 1. The maximum Gasteiger partial charge on any atom is 0.104 e. The molecule has 2 nitrogen and oxygen atoms in total. The van der Waals surface area contributed by atoms with Gasteiger partial charge in [-0.3, -0.25) is 0 Å². The molecule has 0 bridgehead atoms. The smallest absolute Gasteiger partial charge is 0.104 e. The normalized spacial score (nSPS) is 15.5. The summed E-state index contributed by atoms with van der Waals surface area (Å²) in [6.07, 6.45) is 2.27. The molecule has 0 spiro atoms. The van der Waals surface area contributed by atoms with Crippen molar-refractivity contribution in [3.8, 4) is 44.5 Å². The highest BCUT2D eigenvalue weighted by Gasteiger charge is 2.30. The predicted molar refractivity (Wildman–Crippen MR) is 168 cm³/mol. The maximum absolute atomic E-state index is 3.70. The average Bonchev–Trinajstić information content (AvgIpc) is 3.68. The quantitative estimate of drug-likeness (QED) is 0.253. The molecule has 0 amide bonds. The molecule has 40 heavy (non-hydrogen) atoms. The second-order valence-electron chi connectivity index (χ2n) is 11.3. The molecule has 190 valence electrons. The maximum atomic E-state index is 3.70. The summed E-state index contributed by atoms with van der Waals surface area (Å²) >= 11 is 0. The lowest BCUT2D eigenvalue weighted by Gasteiger charge is -2.26. The van der Waals surface area contributed by atoms with Gasteiger partial charge in [0.1, 0.15) is 6.17 Å². The summed E-state index contributed by atoms with van der Waals surface area (Å²) in [5.41, 5.74) is 17.4. The van der Waals surface area contributed by atoms with Gasteiger partial charge in [0.25, 0.3) is 0 Å². The van der Waals surface area contributed by atoms with E-state index >= 15 is 0 Å². The van der Waals surface area contributed by atoms with Crippen LogP contribution in [-0.2, 0) is 6.42 Å². The Bertz CT molecular complexity index is 2020. The van der Waals surface area contributed by atoms with Gasteiger partial charge < -0.3 is 10.2 Å². The van der Waals surface area contributed by atoms with Crippen LogP contribution in [0.15, 0.2) is 115 Å². The minimum Gasteiger partial charge on any atom is -0.363 e. The molecule has 0 fully saturated rings. The van der Waals surface area contributed by atoms with Crippen molar-refractivity contribution in [3.05, 3.63) is 126 Å². The molecule has 1 atom stereocenters. The first kappa shape index (κ1) is 22.0. The van der Waals surface area contributed by atoms with Crippen LogP contribution in [-0.4, -0.2) is 6.17 Å². The van der Waals surface area contributed by atoms with Gasteiger partial charge in [-0.1, -0.05) is 91.9 Å². The first-order valence-corrected chi connectivity index (χ1v) is 14.4. The minimum absolute atomic E-state index is 0.262. The molecule has 0 saturated heterocycles. The molecule has 1 N–H and O–H groups in total. The van der Waals surface area contributed by atoms with Crippen LogP contribution in [0.5, 0.6) is 0 Å². The highest BCUT2D eigenvalue weighted by Crippen LogP contribution is 2.52. The zero-order chi connectivity index (χ0) is 26.4. The van der Waals surface area contributed by atoms with Crippen LogP contribution in [0.4, 0.5) is 17.1 Å². The van der Waals surface area contributed by atoms with Crippen molar-refractivity contribution >= 4 is 27.8 Å². The molecule has 0 saturated carbocycles. The van der Waals surface area contributed by atoms with Gasteiger partial charge >= 0.3 is 0 Å². The van der Waals surface area contributed by atoms with E-state index in [4.69, 9.17) is 0 Å². The van der Waals surface area contributed by atoms with Gasteiger partial charge in [-0.15, -0.1) is 0 Å². The zero-order valence-electron chi connectivity index (χ0n) is 22.4. The largest absolute Gasteiger partial charge is 0.363 e. The second-order valence-corrected chi connectivity index (χ2v) is 11.3. The lowest BCUT2D eigenvalue weighted by Crippen LogP contribution is -2.30. The summed E-state index contributed by atoms with van der Waals surface area (Å²) in [6.45, 7) is 2.24. The van der Waals surface area contributed by atoms with Crippen LogP contribution in [0.2, 0.25) is 0 Å². The van der Waals surface area contributed by atoms with Crippen molar-refractivity contribution < 1.29 is 0 Å². The van der Waals surface area contributed by atoms with Crippen molar-refractivity contribution in [2.75, 3.05) is 10.2 Å². The predicted octanol–water partition coefficient (Wildman–Crippen LogP) is 10.0. The second kappa shape index (κ2) is 8.09. The van der Waals surface area contributed by atoms with Crippen LogP contribution in [0.25, 0.3) is 55.3 Å². The Morgan fingerprint density at radius 1 is 0.650 bits per heavy atom. The fourth-order valence-electron chi connectivity index (χ4n) is 7.39. The summed E-state index contributed by atoms with van der Waals surface area (Å²) in [6, 6.07) is 42.9. The lowest BCUT2D eigenvalue weighted by molar-refractivity contribution is 0.728. The molecule has 6 aromatic carbocycles. The number of fused-ring (bicyclic) bond motifs is 8. The van der Waals surface area contributed by atoms with Gasteiger partial charge in [0.2, 0.25) is 0 Å². The highest BCUT2D eigenvalue weighted by atomic mass is 15.3. The van der Waals surface area contributed by atoms with E-state index in [2.05, 4.69) is 132 Å². The third-order valence-corrected chi connectivity index (χ3v) is 9.18. The Hall–Kier alpha value is -4.82. The number of para-hydroxylation sites is 2. The summed E-state index contributed by atoms with van der Waals surface area (Å²) in [7, 11) is 0. The fraction of sp³-hybridized carbons (Fsp3) is 0.105. The van der Waals surface area contributed by atoms with Crippen molar-refractivity contribution in [2.24, 2.45) is 0 Å². The van der Waals surface area contributed by atoms with Crippen LogP contribution < -0.4 is 10.2 Å². The molecular weight excluding hydrogens is 484 g/mol. The van der Waals surface area contributed by atoms with Crippen LogP contribution in [0, 0.1) is 0 Å². The molecular formula is C38H28N2. The number of nitrogens with one attached hydrogen (secondary N) is 1. The molecule has 3 aliphatic rings. The average molecular weight is 513 g/mol. The topological polar surface area (TPSA) is 15.3 Å². The SMILES string of the molecule is CCC1Nc2ccccc2N1c1cccc(-c2ccc3c(c2)Cc2c-3cc3c4c(cccc24)-c2ccccc2-3)c1. The molecule has 1 heterocycles.